The third-order valence-corrected chi connectivity index (χ3v) is 5.41. The van der Waals surface area contributed by atoms with E-state index in [0.717, 1.165) is 75.1 Å². The van der Waals surface area contributed by atoms with Crippen LogP contribution in [0.25, 0.3) is 0 Å². The van der Waals surface area contributed by atoms with Gasteiger partial charge in [-0.3, -0.25) is 4.90 Å². The van der Waals surface area contributed by atoms with Crippen molar-refractivity contribution in [1.82, 2.24) is 20.2 Å². The van der Waals surface area contributed by atoms with Gasteiger partial charge in [0, 0.05) is 57.8 Å². The van der Waals surface area contributed by atoms with Gasteiger partial charge in [0.05, 0.1) is 24.2 Å². The van der Waals surface area contributed by atoms with Crippen LogP contribution >= 0.6 is 0 Å². The number of nitrogens with zero attached hydrogens (tertiary/aromatic N) is 4. The van der Waals surface area contributed by atoms with Gasteiger partial charge in [-0.15, -0.1) is 0 Å². The average Bonchev–Trinajstić information content (AvgIpc) is 3.06. The Labute approximate surface area is 160 Å². The second-order valence-corrected chi connectivity index (χ2v) is 7.31. The normalized spacial score (nSPS) is 17.2. The van der Waals surface area contributed by atoms with E-state index >= 15 is 0 Å². The van der Waals surface area contributed by atoms with Crippen LogP contribution < -0.4 is 20.7 Å². The number of ether oxygens (including phenoxy) is 1. The summed E-state index contributed by atoms with van der Waals surface area (Å²) in [7, 11) is 1.75. The number of methoxy groups -OCH3 is 1. The minimum absolute atomic E-state index is 0.364. The van der Waals surface area contributed by atoms with E-state index in [2.05, 4.69) is 43.3 Å². The topological polar surface area (TPSA) is 79.5 Å². The molecule has 1 saturated heterocycles. The highest BCUT2D eigenvalue weighted by Gasteiger charge is 2.25. The predicted octanol–water partition coefficient (Wildman–Crippen LogP) is 1.34. The lowest BCUT2D eigenvalue weighted by Crippen LogP contribution is -2.42. The Balaban J connectivity index is 1.52. The van der Waals surface area contributed by atoms with Gasteiger partial charge in [-0.25, -0.2) is 9.97 Å². The summed E-state index contributed by atoms with van der Waals surface area (Å²) in [4.78, 5) is 13.6. The molecule has 0 spiro atoms. The molecular formula is C20H28N6O. The number of fused-ring (bicyclic) bond motifs is 1. The number of rotatable bonds is 5. The first-order valence-electron chi connectivity index (χ1n) is 9.61. The Morgan fingerprint density at radius 1 is 1.15 bits per heavy atom. The van der Waals surface area contributed by atoms with E-state index < -0.39 is 0 Å². The van der Waals surface area contributed by atoms with Crippen LogP contribution in [0.5, 0.6) is 5.75 Å². The van der Waals surface area contributed by atoms with Gasteiger partial charge in [0.25, 0.3) is 0 Å². The second kappa shape index (κ2) is 7.70. The summed E-state index contributed by atoms with van der Waals surface area (Å²) in [6, 6.07) is 6.60. The van der Waals surface area contributed by atoms with Crippen molar-refractivity contribution in [2.75, 3.05) is 50.5 Å². The Morgan fingerprint density at radius 2 is 1.96 bits per heavy atom. The summed E-state index contributed by atoms with van der Waals surface area (Å²) in [5.41, 5.74) is 11.4. The van der Waals surface area contributed by atoms with Crippen LogP contribution in [0.15, 0.2) is 18.2 Å². The van der Waals surface area contributed by atoms with Gasteiger partial charge in [0.2, 0.25) is 5.95 Å². The van der Waals surface area contributed by atoms with Crippen LogP contribution in [0, 0.1) is 6.92 Å². The Bertz CT molecular complexity index is 818. The van der Waals surface area contributed by atoms with Gasteiger partial charge in [0.1, 0.15) is 5.75 Å². The summed E-state index contributed by atoms with van der Waals surface area (Å²) in [6.45, 7) is 9.01. The highest BCUT2D eigenvalue weighted by atomic mass is 16.5. The molecule has 3 heterocycles. The Hall–Kier alpha value is -2.38. The lowest BCUT2D eigenvalue weighted by atomic mass is 10.1. The number of piperazine rings is 1. The van der Waals surface area contributed by atoms with Crippen LogP contribution in [-0.2, 0) is 19.5 Å². The zero-order chi connectivity index (χ0) is 18.8. The number of nitrogens with one attached hydrogen (secondary N) is 1. The fourth-order valence-corrected chi connectivity index (χ4v) is 4.10. The zero-order valence-electron chi connectivity index (χ0n) is 16.2. The molecule has 7 nitrogen and oxygen atoms in total. The van der Waals surface area contributed by atoms with E-state index in [4.69, 9.17) is 10.5 Å². The molecule has 144 valence electrons. The molecule has 1 fully saturated rings. The van der Waals surface area contributed by atoms with Crippen molar-refractivity contribution in [3.63, 3.8) is 0 Å². The fourth-order valence-electron chi connectivity index (χ4n) is 4.10. The summed E-state index contributed by atoms with van der Waals surface area (Å²) >= 11 is 0. The first kappa shape index (κ1) is 18.0. The van der Waals surface area contributed by atoms with E-state index in [1.165, 1.54) is 11.1 Å². The van der Waals surface area contributed by atoms with Gasteiger partial charge >= 0.3 is 0 Å². The van der Waals surface area contributed by atoms with Crippen molar-refractivity contribution in [2.24, 2.45) is 0 Å². The van der Waals surface area contributed by atoms with Crippen LogP contribution in [0.2, 0.25) is 0 Å². The maximum Gasteiger partial charge on any atom is 0.220 e. The molecule has 2 aliphatic heterocycles. The smallest absolute Gasteiger partial charge is 0.220 e. The molecule has 2 aromatic rings. The number of hydrogen-bond donors (Lipinski definition) is 2. The molecule has 0 aliphatic carbocycles. The van der Waals surface area contributed by atoms with Crippen LogP contribution in [-0.4, -0.2) is 54.7 Å². The maximum absolute atomic E-state index is 5.80. The number of anilines is 2. The minimum Gasteiger partial charge on any atom is -0.496 e. The Kier molecular flexibility index (Phi) is 5.13. The quantitative estimate of drug-likeness (QED) is 0.824. The first-order chi connectivity index (χ1) is 13.1. The summed E-state index contributed by atoms with van der Waals surface area (Å²) in [5, 5.41) is 3.40. The molecule has 0 amide bonds. The third-order valence-electron chi connectivity index (χ3n) is 5.41. The van der Waals surface area contributed by atoms with Gasteiger partial charge in [-0.1, -0.05) is 12.1 Å². The molecule has 4 rings (SSSR count). The number of aromatic nitrogens is 2. The lowest BCUT2D eigenvalue weighted by Gasteiger charge is -2.27. The van der Waals surface area contributed by atoms with Crippen molar-refractivity contribution >= 4 is 11.6 Å². The number of nitrogens with two attached hydrogens (primary N) is 1. The first-order valence-corrected chi connectivity index (χ1v) is 9.61. The number of hydrogen-bond acceptors (Lipinski definition) is 7. The molecule has 0 unspecified atom stereocenters. The molecule has 1 aromatic carbocycles. The lowest BCUT2D eigenvalue weighted by molar-refractivity contribution is 0.233. The van der Waals surface area contributed by atoms with Gasteiger partial charge in [-0.2, -0.15) is 0 Å². The average molecular weight is 368 g/mol. The molecule has 0 bridgehead atoms. The van der Waals surface area contributed by atoms with E-state index in [1.807, 2.05) is 6.92 Å². The van der Waals surface area contributed by atoms with Crippen LogP contribution in [0.3, 0.4) is 0 Å². The van der Waals surface area contributed by atoms with E-state index in [9.17, 15) is 0 Å². The molecule has 0 saturated carbocycles. The van der Waals surface area contributed by atoms with Crippen molar-refractivity contribution in [2.45, 2.75) is 26.4 Å². The van der Waals surface area contributed by atoms with Gasteiger partial charge < -0.3 is 20.7 Å². The summed E-state index contributed by atoms with van der Waals surface area (Å²) < 4.78 is 5.71. The zero-order valence-corrected chi connectivity index (χ0v) is 16.2. The largest absolute Gasteiger partial charge is 0.496 e. The van der Waals surface area contributed by atoms with Crippen LogP contribution in [0.4, 0.5) is 11.6 Å². The standard InChI is InChI=1S/C20H28N6O/c1-14-19-17(24-20(21)23-14)5-8-26(19)13-16-4-3-15(11-18(16)27-2)12-25-9-6-22-7-10-25/h3-4,11,22H,5-10,12-13H2,1-2H3,(H2,21,23,24). The molecule has 3 N–H and O–H groups in total. The van der Waals surface area contributed by atoms with Crippen molar-refractivity contribution in [1.29, 1.82) is 0 Å². The maximum atomic E-state index is 5.80. The number of nitrogen functional groups attached to an aromatic ring is 1. The van der Waals surface area contributed by atoms with E-state index in [-0.39, 0.29) is 0 Å². The van der Waals surface area contributed by atoms with Crippen molar-refractivity contribution < 1.29 is 4.74 Å². The second-order valence-electron chi connectivity index (χ2n) is 7.31. The molecule has 7 heteroatoms. The van der Waals surface area contributed by atoms with Gasteiger partial charge in [0.15, 0.2) is 0 Å². The van der Waals surface area contributed by atoms with E-state index in [0.29, 0.717) is 5.95 Å². The molecular weight excluding hydrogens is 340 g/mol. The predicted molar refractivity (Wildman–Crippen MR) is 107 cm³/mol. The highest BCUT2D eigenvalue weighted by Crippen LogP contribution is 2.33. The van der Waals surface area contributed by atoms with Crippen LogP contribution in [0.1, 0.15) is 22.5 Å². The van der Waals surface area contributed by atoms with E-state index in [1.54, 1.807) is 7.11 Å². The molecule has 27 heavy (non-hydrogen) atoms. The Morgan fingerprint density at radius 3 is 2.74 bits per heavy atom. The van der Waals surface area contributed by atoms with Crippen molar-refractivity contribution in [3.05, 3.63) is 40.7 Å². The third kappa shape index (κ3) is 3.84. The number of benzene rings is 1. The number of aryl methyl sites for hydroxylation is 1. The summed E-state index contributed by atoms with van der Waals surface area (Å²) in [6.07, 6.45) is 0.909. The van der Waals surface area contributed by atoms with Crippen molar-refractivity contribution in [3.8, 4) is 5.75 Å². The molecule has 2 aliphatic rings. The summed E-state index contributed by atoms with van der Waals surface area (Å²) in [5.74, 6) is 1.31. The fraction of sp³-hybridized carbons (Fsp3) is 0.500. The molecule has 1 aromatic heterocycles. The minimum atomic E-state index is 0.364. The molecule has 0 atom stereocenters. The highest BCUT2D eigenvalue weighted by molar-refractivity contribution is 5.60. The SMILES string of the molecule is COc1cc(CN2CCNCC2)ccc1CN1CCc2nc(N)nc(C)c21. The molecule has 0 radical (unpaired) electrons. The van der Waals surface area contributed by atoms with Gasteiger partial charge in [-0.05, 0) is 18.6 Å². The monoisotopic (exact) mass is 368 g/mol.